The van der Waals surface area contributed by atoms with Gasteiger partial charge < -0.3 is 24.1 Å². The molecule has 0 unspecified atom stereocenters. The Kier molecular flexibility index (Phi) is 4.71. The van der Waals surface area contributed by atoms with Crippen LogP contribution in [0.25, 0.3) is 11.3 Å². The minimum absolute atomic E-state index is 0.102. The number of amides is 1. The molecule has 2 aromatic carbocycles. The minimum Gasteiger partial charge on any atom is -0.454 e. The van der Waals surface area contributed by atoms with Crippen molar-refractivity contribution >= 4 is 11.6 Å². The van der Waals surface area contributed by atoms with Gasteiger partial charge in [0.15, 0.2) is 17.3 Å². The van der Waals surface area contributed by atoms with Crippen molar-refractivity contribution in [3.05, 3.63) is 60.0 Å². The summed E-state index contributed by atoms with van der Waals surface area (Å²) >= 11 is 0. The van der Waals surface area contributed by atoms with Crippen molar-refractivity contribution in [3.8, 4) is 22.8 Å². The normalized spacial score (nSPS) is 12.2. The highest BCUT2D eigenvalue weighted by Gasteiger charge is 2.16. The van der Waals surface area contributed by atoms with E-state index in [9.17, 15) is 9.18 Å². The second-order valence-corrected chi connectivity index (χ2v) is 5.80. The zero-order valence-electron chi connectivity index (χ0n) is 14.1. The monoisotopic (exact) mass is 370 g/mol. The molecular weight excluding hydrogens is 355 g/mol. The van der Waals surface area contributed by atoms with Gasteiger partial charge in [0.05, 0.1) is 6.61 Å². The Morgan fingerprint density at radius 2 is 2.04 bits per heavy atom. The fourth-order valence-electron chi connectivity index (χ4n) is 2.58. The molecule has 1 aliphatic heterocycles. The molecule has 1 N–H and O–H groups in total. The number of carbonyl (C=O) groups is 1. The van der Waals surface area contributed by atoms with E-state index in [4.69, 9.17) is 18.7 Å². The second kappa shape index (κ2) is 7.46. The molecule has 1 aliphatic rings. The van der Waals surface area contributed by atoms with Crippen molar-refractivity contribution in [1.82, 2.24) is 5.16 Å². The maximum atomic E-state index is 13.1. The average molecular weight is 370 g/mol. The van der Waals surface area contributed by atoms with Crippen LogP contribution in [0.4, 0.5) is 10.1 Å². The van der Waals surface area contributed by atoms with E-state index in [1.807, 2.05) is 6.07 Å². The molecule has 0 atom stereocenters. The van der Waals surface area contributed by atoms with Crippen LogP contribution in [-0.4, -0.2) is 24.5 Å². The molecule has 0 fully saturated rings. The zero-order chi connectivity index (χ0) is 18.6. The van der Waals surface area contributed by atoms with Gasteiger partial charge in [-0.2, -0.15) is 0 Å². The molecule has 7 nitrogen and oxygen atoms in total. The lowest BCUT2D eigenvalue weighted by molar-refractivity contribution is -0.121. The van der Waals surface area contributed by atoms with Crippen LogP contribution >= 0.6 is 0 Å². The largest absolute Gasteiger partial charge is 0.454 e. The minimum atomic E-state index is -0.424. The van der Waals surface area contributed by atoms with Crippen molar-refractivity contribution in [1.29, 1.82) is 0 Å². The highest BCUT2D eigenvalue weighted by Crippen LogP contribution is 2.36. The molecule has 0 radical (unpaired) electrons. The SMILES string of the molecule is O=C(COCc1cc(-c2ccc3c(c2)OCO3)on1)Nc1cccc(F)c1. The van der Waals surface area contributed by atoms with Gasteiger partial charge in [0.1, 0.15) is 18.1 Å². The Labute approximate surface area is 153 Å². The molecule has 138 valence electrons. The highest BCUT2D eigenvalue weighted by atomic mass is 19.1. The third-order valence-corrected chi connectivity index (χ3v) is 3.81. The first-order chi connectivity index (χ1) is 13.2. The molecule has 2 heterocycles. The number of anilines is 1. The van der Waals surface area contributed by atoms with Gasteiger partial charge in [-0.3, -0.25) is 4.79 Å². The number of aromatic nitrogens is 1. The average Bonchev–Trinajstić information content (AvgIpc) is 3.30. The van der Waals surface area contributed by atoms with E-state index >= 15 is 0 Å². The Morgan fingerprint density at radius 1 is 1.15 bits per heavy atom. The highest BCUT2D eigenvalue weighted by molar-refractivity contribution is 5.91. The molecule has 4 rings (SSSR count). The van der Waals surface area contributed by atoms with Crippen molar-refractivity contribution in [2.24, 2.45) is 0 Å². The first-order valence-electron chi connectivity index (χ1n) is 8.16. The number of hydrogen-bond acceptors (Lipinski definition) is 6. The van der Waals surface area contributed by atoms with E-state index in [1.165, 1.54) is 18.2 Å². The van der Waals surface area contributed by atoms with Crippen molar-refractivity contribution in [2.75, 3.05) is 18.7 Å². The maximum Gasteiger partial charge on any atom is 0.250 e. The Morgan fingerprint density at radius 3 is 2.93 bits per heavy atom. The van der Waals surface area contributed by atoms with Gasteiger partial charge in [-0.05, 0) is 36.4 Å². The van der Waals surface area contributed by atoms with Crippen LogP contribution in [0.5, 0.6) is 11.5 Å². The molecule has 0 aliphatic carbocycles. The van der Waals surface area contributed by atoms with Crippen LogP contribution in [0.3, 0.4) is 0 Å². The van der Waals surface area contributed by atoms with Gasteiger partial charge in [-0.25, -0.2) is 4.39 Å². The van der Waals surface area contributed by atoms with Crippen LogP contribution in [0, 0.1) is 5.82 Å². The van der Waals surface area contributed by atoms with E-state index in [1.54, 1.807) is 24.3 Å². The molecule has 0 bridgehead atoms. The molecule has 0 saturated heterocycles. The number of fused-ring (bicyclic) bond motifs is 1. The molecule has 8 heteroatoms. The van der Waals surface area contributed by atoms with E-state index in [2.05, 4.69) is 10.5 Å². The van der Waals surface area contributed by atoms with Gasteiger partial charge in [0, 0.05) is 17.3 Å². The summed E-state index contributed by atoms with van der Waals surface area (Å²) < 4.78 is 34.3. The fourth-order valence-corrected chi connectivity index (χ4v) is 2.58. The maximum absolute atomic E-state index is 13.1. The lowest BCUT2D eigenvalue weighted by Gasteiger charge is -2.05. The summed E-state index contributed by atoms with van der Waals surface area (Å²) in [5, 5.41) is 6.48. The first kappa shape index (κ1) is 17.0. The summed E-state index contributed by atoms with van der Waals surface area (Å²) in [5.41, 5.74) is 1.71. The van der Waals surface area contributed by atoms with Crippen LogP contribution in [0.2, 0.25) is 0 Å². The first-order valence-corrected chi connectivity index (χ1v) is 8.16. The number of rotatable bonds is 6. The Bertz CT molecular complexity index is 972. The molecule has 0 saturated carbocycles. The van der Waals surface area contributed by atoms with Crippen LogP contribution < -0.4 is 14.8 Å². The number of halogens is 1. The summed E-state index contributed by atoms with van der Waals surface area (Å²) in [6, 6.07) is 12.8. The van der Waals surface area contributed by atoms with E-state index in [0.717, 1.165) is 5.56 Å². The van der Waals surface area contributed by atoms with Crippen LogP contribution in [-0.2, 0) is 16.1 Å². The summed E-state index contributed by atoms with van der Waals surface area (Å²) in [6.45, 7) is 0.110. The van der Waals surface area contributed by atoms with E-state index in [0.29, 0.717) is 28.6 Å². The lowest BCUT2D eigenvalue weighted by atomic mass is 10.1. The third-order valence-electron chi connectivity index (χ3n) is 3.81. The molecular formula is C19H15FN2O5. The van der Waals surface area contributed by atoms with Crippen molar-refractivity contribution < 1.29 is 27.9 Å². The third kappa shape index (κ3) is 4.06. The molecule has 1 amide bonds. The zero-order valence-corrected chi connectivity index (χ0v) is 14.1. The van der Waals surface area contributed by atoms with Crippen LogP contribution in [0.1, 0.15) is 5.69 Å². The topological polar surface area (TPSA) is 82.8 Å². The van der Waals surface area contributed by atoms with Gasteiger partial charge in [-0.15, -0.1) is 0 Å². The predicted molar refractivity (Wildman–Crippen MR) is 92.7 cm³/mol. The summed E-state index contributed by atoms with van der Waals surface area (Å²) in [4.78, 5) is 11.8. The van der Waals surface area contributed by atoms with Gasteiger partial charge in [0.25, 0.3) is 0 Å². The van der Waals surface area contributed by atoms with Gasteiger partial charge in [0.2, 0.25) is 12.7 Å². The number of nitrogens with one attached hydrogen (secondary N) is 1. The van der Waals surface area contributed by atoms with E-state index < -0.39 is 5.82 Å². The second-order valence-electron chi connectivity index (χ2n) is 5.80. The van der Waals surface area contributed by atoms with E-state index in [-0.39, 0.29) is 25.9 Å². The number of benzene rings is 2. The number of ether oxygens (including phenoxy) is 3. The number of nitrogens with zero attached hydrogens (tertiary/aromatic N) is 1. The fraction of sp³-hybridized carbons (Fsp3) is 0.158. The smallest absolute Gasteiger partial charge is 0.250 e. The summed E-state index contributed by atoms with van der Waals surface area (Å²) in [7, 11) is 0. The molecule has 3 aromatic rings. The molecule has 27 heavy (non-hydrogen) atoms. The van der Waals surface area contributed by atoms with Crippen molar-refractivity contribution in [2.45, 2.75) is 6.61 Å². The van der Waals surface area contributed by atoms with Gasteiger partial charge in [-0.1, -0.05) is 11.2 Å². The number of carbonyl (C=O) groups excluding carboxylic acids is 1. The Hall–Kier alpha value is -3.39. The standard InChI is InChI=1S/C19H15FN2O5/c20-13-2-1-3-14(7-13)21-19(23)10-24-9-15-8-17(27-22-15)12-4-5-16-18(6-12)26-11-25-16/h1-8H,9-11H2,(H,21,23). The van der Waals surface area contributed by atoms with Crippen LogP contribution in [0.15, 0.2) is 53.1 Å². The summed E-state index contributed by atoms with van der Waals surface area (Å²) in [5.74, 6) is 1.07. The Balaban J connectivity index is 1.30. The quantitative estimate of drug-likeness (QED) is 0.716. The summed E-state index contributed by atoms with van der Waals surface area (Å²) in [6.07, 6.45) is 0. The van der Waals surface area contributed by atoms with Crippen molar-refractivity contribution in [3.63, 3.8) is 0 Å². The lowest BCUT2D eigenvalue weighted by Crippen LogP contribution is -2.18. The molecule has 0 spiro atoms. The van der Waals surface area contributed by atoms with Gasteiger partial charge >= 0.3 is 0 Å². The predicted octanol–water partition coefficient (Wildman–Crippen LogP) is 3.36. The molecule has 1 aromatic heterocycles. The number of hydrogen-bond donors (Lipinski definition) is 1.